The summed E-state index contributed by atoms with van der Waals surface area (Å²) in [4.78, 5) is 19.1. The van der Waals surface area contributed by atoms with Gasteiger partial charge in [0.1, 0.15) is 5.82 Å². The van der Waals surface area contributed by atoms with E-state index in [0.717, 1.165) is 37.3 Å². The Kier molecular flexibility index (Phi) is 6.95. The zero-order valence-corrected chi connectivity index (χ0v) is 15.3. The zero-order valence-electron chi connectivity index (χ0n) is 15.3. The molecular weight excluding hydrogens is 312 g/mol. The second kappa shape index (κ2) is 9.64. The Hall–Kier alpha value is -1.78. The Bertz CT molecular complexity index is 515. The lowest BCUT2D eigenvalue weighted by Crippen LogP contribution is -2.41. The fraction of sp³-hybridized carbons (Fsp3) is 0.700. The van der Waals surface area contributed by atoms with Crippen LogP contribution in [-0.2, 0) is 6.54 Å². The van der Waals surface area contributed by atoms with Gasteiger partial charge in [0.05, 0.1) is 0 Å². The monoisotopic (exact) mass is 344 g/mol. The van der Waals surface area contributed by atoms with Gasteiger partial charge >= 0.3 is 6.03 Å². The van der Waals surface area contributed by atoms with E-state index in [-0.39, 0.29) is 6.03 Å². The van der Waals surface area contributed by atoms with Crippen LogP contribution in [0.5, 0.6) is 0 Å². The molecule has 2 fully saturated rings. The minimum Gasteiger partial charge on any atom is -0.357 e. The number of urea groups is 1. The topological polar surface area (TPSA) is 57.3 Å². The van der Waals surface area contributed by atoms with Crippen molar-refractivity contribution in [3.63, 3.8) is 0 Å². The summed E-state index contributed by atoms with van der Waals surface area (Å²) in [6.07, 6.45) is 14.3. The van der Waals surface area contributed by atoms with Crippen molar-refractivity contribution in [3.05, 3.63) is 23.9 Å². The summed E-state index contributed by atoms with van der Waals surface area (Å²) in [6.45, 7) is 2.74. The van der Waals surface area contributed by atoms with Crippen LogP contribution in [0.4, 0.5) is 10.6 Å². The number of hydrogen-bond acceptors (Lipinski definition) is 3. The predicted molar refractivity (Wildman–Crippen MR) is 102 cm³/mol. The van der Waals surface area contributed by atoms with Gasteiger partial charge in [0, 0.05) is 31.9 Å². The lowest BCUT2D eigenvalue weighted by atomic mass is 10.1. The second-order valence-electron chi connectivity index (χ2n) is 7.44. The molecule has 3 rings (SSSR count). The fourth-order valence-electron chi connectivity index (χ4n) is 3.85. The predicted octanol–water partition coefficient (Wildman–Crippen LogP) is 3.98. The first-order valence-corrected chi connectivity index (χ1v) is 10.1. The smallest absolute Gasteiger partial charge is 0.315 e. The molecule has 138 valence electrons. The summed E-state index contributed by atoms with van der Waals surface area (Å²) in [5.74, 6) is 1.06. The SMILES string of the molecule is O=C(NCc1ccc(N2CCCCCC2)nc1)NC1CCCCCC1. The summed E-state index contributed by atoms with van der Waals surface area (Å²) in [7, 11) is 0. The summed E-state index contributed by atoms with van der Waals surface area (Å²) >= 11 is 0. The number of hydrogen-bond donors (Lipinski definition) is 2. The zero-order chi connectivity index (χ0) is 17.3. The summed E-state index contributed by atoms with van der Waals surface area (Å²) in [5, 5.41) is 6.09. The summed E-state index contributed by atoms with van der Waals surface area (Å²) in [6, 6.07) is 4.46. The van der Waals surface area contributed by atoms with Crippen molar-refractivity contribution in [2.45, 2.75) is 76.8 Å². The third-order valence-electron chi connectivity index (χ3n) is 5.38. The minimum absolute atomic E-state index is 0.0523. The highest BCUT2D eigenvalue weighted by molar-refractivity contribution is 5.74. The van der Waals surface area contributed by atoms with Crippen molar-refractivity contribution in [2.24, 2.45) is 0 Å². The number of pyridine rings is 1. The number of amides is 2. The van der Waals surface area contributed by atoms with Crippen LogP contribution < -0.4 is 15.5 Å². The number of nitrogens with one attached hydrogen (secondary N) is 2. The molecule has 0 aromatic carbocycles. The highest BCUT2D eigenvalue weighted by Gasteiger charge is 2.14. The Morgan fingerprint density at radius 3 is 2.32 bits per heavy atom. The maximum Gasteiger partial charge on any atom is 0.315 e. The molecule has 1 saturated carbocycles. The van der Waals surface area contributed by atoms with Gasteiger partial charge in [-0.1, -0.05) is 44.6 Å². The van der Waals surface area contributed by atoms with Crippen LogP contribution in [0.3, 0.4) is 0 Å². The molecule has 2 heterocycles. The molecule has 5 heteroatoms. The third-order valence-corrected chi connectivity index (χ3v) is 5.38. The van der Waals surface area contributed by atoms with E-state index in [2.05, 4.69) is 32.7 Å². The highest BCUT2D eigenvalue weighted by Crippen LogP contribution is 2.18. The molecule has 5 nitrogen and oxygen atoms in total. The number of nitrogens with zero attached hydrogens (tertiary/aromatic N) is 2. The van der Waals surface area contributed by atoms with Crippen molar-refractivity contribution < 1.29 is 4.79 Å². The molecule has 2 amide bonds. The molecule has 0 spiro atoms. The summed E-state index contributed by atoms with van der Waals surface area (Å²) in [5.41, 5.74) is 1.05. The van der Waals surface area contributed by atoms with Gasteiger partial charge in [-0.05, 0) is 37.3 Å². The first kappa shape index (κ1) is 18.0. The number of aromatic nitrogens is 1. The highest BCUT2D eigenvalue weighted by atomic mass is 16.2. The average Bonchev–Trinajstić information content (AvgIpc) is 3.05. The quantitative estimate of drug-likeness (QED) is 0.812. The van der Waals surface area contributed by atoms with Crippen LogP contribution in [-0.4, -0.2) is 30.1 Å². The minimum atomic E-state index is -0.0523. The fourth-order valence-corrected chi connectivity index (χ4v) is 3.85. The Morgan fingerprint density at radius 1 is 1.00 bits per heavy atom. The molecule has 0 bridgehead atoms. The molecule has 1 aliphatic heterocycles. The third kappa shape index (κ3) is 5.91. The van der Waals surface area contributed by atoms with E-state index in [9.17, 15) is 4.79 Å². The van der Waals surface area contributed by atoms with Gasteiger partial charge in [-0.3, -0.25) is 0 Å². The van der Waals surface area contributed by atoms with E-state index in [1.165, 1.54) is 51.4 Å². The average molecular weight is 345 g/mol. The van der Waals surface area contributed by atoms with Crippen LogP contribution >= 0.6 is 0 Å². The van der Waals surface area contributed by atoms with E-state index < -0.39 is 0 Å². The van der Waals surface area contributed by atoms with Gasteiger partial charge in [0.15, 0.2) is 0 Å². The van der Waals surface area contributed by atoms with Crippen LogP contribution in [0, 0.1) is 0 Å². The lowest BCUT2D eigenvalue weighted by molar-refractivity contribution is 0.235. The van der Waals surface area contributed by atoms with Crippen molar-refractivity contribution in [1.82, 2.24) is 15.6 Å². The molecule has 1 aliphatic carbocycles. The lowest BCUT2D eigenvalue weighted by Gasteiger charge is -2.21. The van der Waals surface area contributed by atoms with Crippen LogP contribution in [0.15, 0.2) is 18.3 Å². The largest absolute Gasteiger partial charge is 0.357 e. The summed E-state index contributed by atoms with van der Waals surface area (Å²) < 4.78 is 0. The molecule has 1 saturated heterocycles. The van der Waals surface area contributed by atoms with Gasteiger partial charge < -0.3 is 15.5 Å². The Morgan fingerprint density at radius 2 is 1.68 bits per heavy atom. The van der Waals surface area contributed by atoms with Gasteiger partial charge in [-0.15, -0.1) is 0 Å². The molecule has 0 atom stereocenters. The molecule has 0 radical (unpaired) electrons. The van der Waals surface area contributed by atoms with Crippen molar-refractivity contribution in [3.8, 4) is 0 Å². The number of rotatable bonds is 4. The first-order valence-electron chi connectivity index (χ1n) is 10.1. The molecule has 25 heavy (non-hydrogen) atoms. The Balaban J connectivity index is 1.43. The van der Waals surface area contributed by atoms with Crippen molar-refractivity contribution >= 4 is 11.8 Å². The van der Waals surface area contributed by atoms with Crippen molar-refractivity contribution in [2.75, 3.05) is 18.0 Å². The van der Waals surface area contributed by atoms with E-state index in [0.29, 0.717) is 12.6 Å². The molecule has 2 N–H and O–H groups in total. The van der Waals surface area contributed by atoms with E-state index in [4.69, 9.17) is 0 Å². The van der Waals surface area contributed by atoms with Gasteiger partial charge in [0.25, 0.3) is 0 Å². The van der Waals surface area contributed by atoms with Crippen LogP contribution in [0.1, 0.15) is 69.8 Å². The van der Waals surface area contributed by atoms with E-state index in [1.807, 2.05) is 6.20 Å². The van der Waals surface area contributed by atoms with E-state index in [1.54, 1.807) is 0 Å². The molecular formula is C20H32N4O. The number of carbonyl (C=O) groups excluding carboxylic acids is 1. The first-order chi connectivity index (χ1) is 12.3. The van der Waals surface area contributed by atoms with Crippen molar-refractivity contribution in [1.29, 1.82) is 0 Å². The van der Waals surface area contributed by atoms with Gasteiger partial charge in [-0.2, -0.15) is 0 Å². The molecule has 2 aliphatic rings. The molecule has 1 aromatic rings. The van der Waals surface area contributed by atoms with E-state index >= 15 is 0 Å². The standard InChI is InChI=1S/C20H32N4O/c25-20(23-18-9-5-1-2-6-10-18)22-16-17-11-12-19(21-15-17)24-13-7-3-4-8-14-24/h11-12,15,18H,1-10,13-14,16H2,(H2,22,23,25). The van der Waals surface area contributed by atoms with Crippen LogP contribution in [0.25, 0.3) is 0 Å². The number of carbonyl (C=O) groups is 1. The van der Waals surface area contributed by atoms with Crippen LogP contribution in [0.2, 0.25) is 0 Å². The maximum atomic E-state index is 12.1. The second-order valence-corrected chi connectivity index (χ2v) is 7.44. The van der Waals surface area contributed by atoms with Gasteiger partial charge in [-0.25, -0.2) is 9.78 Å². The Labute approximate surface area is 151 Å². The van der Waals surface area contributed by atoms with Gasteiger partial charge in [0.2, 0.25) is 0 Å². The maximum absolute atomic E-state index is 12.1. The molecule has 0 unspecified atom stereocenters. The molecule has 1 aromatic heterocycles. The normalized spacial score (nSPS) is 19.8. The number of anilines is 1.